The fourth-order valence-electron chi connectivity index (χ4n) is 3.89. The average Bonchev–Trinajstić information content (AvgIpc) is 2.99. The molecule has 0 saturated heterocycles. The van der Waals surface area contributed by atoms with Crippen molar-refractivity contribution in [2.45, 2.75) is 37.0 Å². The Balaban J connectivity index is 1.68. The molecule has 3 N–H and O–H groups in total. The third-order valence-corrected chi connectivity index (χ3v) is 8.29. The Morgan fingerprint density at radius 2 is 1.58 bits per heavy atom. The Hall–Kier alpha value is -2.50. The highest BCUT2D eigenvalue weighted by Gasteiger charge is 2.20. The number of sulfonamides is 2. The van der Waals surface area contributed by atoms with Crippen molar-refractivity contribution < 1.29 is 26.7 Å². The fraction of sp³-hybridized carbons (Fsp3) is 0.320. The number of aromatic carboxylic acids is 1. The molecule has 3 rings (SSSR count). The number of benzene rings is 1. The second-order valence-electron chi connectivity index (χ2n) is 8.71. The van der Waals surface area contributed by atoms with Crippen LogP contribution in [-0.4, -0.2) is 47.3 Å². The van der Waals surface area contributed by atoms with Crippen molar-refractivity contribution >= 4 is 37.6 Å². The molecule has 0 radical (unpaired) electrons. The van der Waals surface area contributed by atoms with E-state index < -0.39 is 26.0 Å². The summed E-state index contributed by atoms with van der Waals surface area (Å²) in [6.07, 6.45) is 2.91. The Morgan fingerprint density at radius 3 is 2.19 bits per heavy atom. The van der Waals surface area contributed by atoms with E-state index in [0.717, 1.165) is 22.9 Å². The predicted molar refractivity (Wildman–Crippen MR) is 141 cm³/mol. The van der Waals surface area contributed by atoms with Gasteiger partial charge in [-0.2, -0.15) is 0 Å². The highest BCUT2D eigenvalue weighted by atomic mass is 35.5. The number of hydrogen-bond donors (Lipinski definition) is 3. The molecule has 0 aliphatic heterocycles. The summed E-state index contributed by atoms with van der Waals surface area (Å²) in [5.74, 6) is -1.14. The molecule has 1 aromatic rings. The molecule has 0 bridgehead atoms. The lowest BCUT2D eigenvalue weighted by Crippen LogP contribution is -2.26. The monoisotopic (exact) mass is 552 g/mol. The molecule has 0 aromatic heterocycles. The first-order valence-corrected chi connectivity index (χ1v) is 15.1. The number of carbonyl (C=O) groups is 1. The number of carboxylic acids is 1. The molecule has 1 aromatic carbocycles. The number of halogens is 1. The summed E-state index contributed by atoms with van der Waals surface area (Å²) in [6, 6.07) is 14.9. The van der Waals surface area contributed by atoms with E-state index in [1.165, 1.54) is 24.3 Å². The largest absolute Gasteiger partial charge is 0.478 e. The molecule has 11 heteroatoms. The van der Waals surface area contributed by atoms with Crippen molar-refractivity contribution in [3.63, 3.8) is 0 Å². The summed E-state index contributed by atoms with van der Waals surface area (Å²) >= 11 is 5.81. The van der Waals surface area contributed by atoms with E-state index in [1.807, 2.05) is 25.1 Å². The van der Waals surface area contributed by atoms with Crippen molar-refractivity contribution in [3.05, 3.63) is 76.3 Å². The number of unbranched alkanes of at least 4 members (excludes halogenated alkanes) is 1. The molecule has 36 heavy (non-hydrogen) atoms. The SMILES string of the molecule is CC(CNS(C)(=O)=O)c1ccc2c(CCCCNS(=O)(=O)c3ccc(Cl)cc3)cc(C(=O)O)c-2cc1. The van der Waals surface area contributed by atoms with Gasteiger partial charge < -0.3 is 5.11 Å². The molecule has 0 amide bonds. The standard InChI is InChI=1S/C25H29ClN2O6S2/c1-17(16-28-35(2,31)32)18-6-12-22-19(15-24(25(29)30)23(22)13-7-18)5-3-4-14-27-36(33,34)21-10-8-20(26)9-11-21/h6-13,15,17,27-28H,3-5,14,16H2,1-2H3,(H,29,30). The number of aryl methyl sites for hydroxylation is 1. The highest BCUT2D eigenvalue weighted by Crippen LogP contribution is 2.34. The van der Waals surface area contributed by atoms with Gasteiger partial charge in [0.25, 0.3) is 0 Å². The van der Waals surface area contributed by atoms with Crippen LogP contribution in [0.2, 0.25) is 5.02 Å². The first kappa shape index (κ1) is 28.1. The highest BCUT2D eigenvalue weighted by molar-refractivity contribution is 7.89. The molecule has 0 saturated carbocycles. The fourth-order valence-corrected chi connectivity index (χ4v) is 5.64. The summed E-state index contributed by atoms with van der Waals surface area (Å²) in [5.41, 5.74) is 3.36. The van der Waals surface area contributed by atoms with E-state index >= 15 is 0 Å². The topological polar surface area (TPSA) is 130 Å². The molecule has 194 valence electrons. The van der Waals surface area contributed by atoms with Gasteiger partial charge in [0, 0.05) is 18.1 Å². The van der Waals surface area contributed by atoms with E-state index in [0.29, 0.717) is 29.8 Å². The maximum absolute atomic E-state index is 12.4. The van der Waals surface area contributed by atoms with Crippen molar-refractivity contribution in [2.24, 2.45) is 0 Å². The Bertz CT molecular complexity index is 1410. The van der Waals surface area contributed by atoms with Crippen LogP contribution in [0, 0.1) is 0 Å². The van der Waals surface area contributed by atoms with Crippen LogP contribution in [0.3, 0.4) is 0 Å². The number of fused-ring (bicyclic) bond motifs is 1. The third kappa shape index (κ3) is 7.50. The minimum Gasteiger partial charge on any atom is -0.478 e. The Labute approximate surface area is 217 Å². The van der Waals surface area contributed by atoms with Crippen molar-refractivity contribution in [3.8, 4) is 11.1 Å². The van der Waals surface area contributed by atoms with Crippen LogP contribution >= 0.6 is 11.6 Å². The van der Waals surface area contributed by atoms with Gasteiger partial charge in [0.2, 0.25) is 20.0 Å². The zero-order valence-corrected chi connectivity index (χ0v) is 22.4. The second-order valence-corrected chi connectivity index (χ2v) is 12.7. The summed E-state index contributed by atoms with van der Waals surface area (Å²) < 4.78 is 52.7. The summed E-state index contributed by atoms with van der Waals surface area (Å²) in [7, 11) is -6.94. The van der Waals surface area contributed by atoms with Crippen LogP contribution in [0.1, 0.15) is 47.2 Å². The first-order valence-electron chi connectivity index (χ1n) is 11.4. The second kappa shape index (κ2) is 11.7. The molecule has 0 spiro atoms. The minimum absolute atomic E-state index is 0.110. The zero-order valence-electron chi connectivity index (χ0n) is 20.0. The number of carboxylic acid groups (broad SMARTS) is 1. The molecule has 1 unspecified atom stereocenters. The maximum atomic E-state index is 12.4. The molecule has 2 aliphatic rings. The lowest BCUT2D eigenvalue weighted by molar-refractivity contribution is 0.0698. The summed E-state index contributed by atoms with van der Waals surface area (Å²) in [5, 5.41) is 10.1. The quantitative estimate of drug-likeness (QED) is 0.290. The molecular formula is C25H29ClN2O6S2. The minimum atomic E-state index is -3.63. The van der Waals surface area contributed by atoms with Crippen LogP contribution in [0.15, 0.2) is 59.5 Å². The average molecular weight is 553 g/mol. The lowest BCUT2D eigenvalue weighted by Gasteiger charge is -2.10. The van der Waals surface area contributed by atoms with E-state index in [-0.39, 0.29) is 29.5 Å². The van der Waals surface area contributed by atoms with Gasteiger partial charge in [-0.15, -0.1) is 0 Å². The van der Waals surface area contributed by atoms with Crippen molar-refractivity contribution in [1.82, 2.24) is 9.44 Å². The lowest BCUT2D eigenvalue weighted by atomic mass is 10.0. The summed E-state index contributed by atoms with van der Waals surface area (Å²) in [6.45, 7) is 2.37. The van der Waals surface area contributed by atoms with Gasteiger partial charge in [-0.25, -0.2) is 31.1 Å². The van der Waals surface area contributed by atoms with Crippen molar-refractivity contribution in [2.75, 3.05) is 19.3 Å². The van der Waals surface area contributed by atoms with E-state index in [4.69, 9.17) is 11.6 Å². The molecule has 0 fully saturated rings. The van der Waals surface area contributed by atoms with Crippen molar-refractivity contribution in [1.29, 1.82) is 0 Å². The number of rotatable bonds is 12. The van der Waals surface area contributed by atoms with Gasteiger partial charge in [0.1, 0.15) is 0 Å². The van der Waals surface area contributed by atoms with Gasteiger partial charge in [-0.3, -0.25) is 0 Å². The number of hydrogen-bond acceptors (Lipinski definition) is 5. The normalized spacial score (nSPS) is 13.1. The zero-order chi connectivity index (χ0) is 26.5. The molecule has 2 aliphatic carbocycles. The third-order valence-electron chi connectivity index (χ3n) is 5.87. The maximum Gasteiger partial charge on any atom is 0.336 e. The molecule has 0 heterocycles. The molecule has 8 nitrogen and oxygen atoms in total. The van der Waals surface area contributed by atoms with Crippen LogP contribution in [0.25, 0.3) is 11.1 Å². The smallest absolute Gasteiger partial charge is 0.336 e. The van der Waals surface area contributed by atoms with E-state index in [2.05, 4.69) is 9.44 Å². The predicted octanol–water partition coefficient (Wildman–Crippen LogP) is 4.10. The van der Waals surface area contributed by atoms with E-state index in [9.17, 15) is 26.7 Å². The number of nitrogens with one attached hydrogen (secondary N) is 2. The van der Waals surface area contributed by atoms with Crippen LogP contribution in [0.4, 0.5) is 0 Å². The van der Waals surface area contributed by atoms with Crippen LogP contribution in [-0.2, 0) is 26.5 Å². The van der Waals surface area contributed by atoms with Gasteiger partial charge in [0.15, 0.2) is 0 Å². The van der Waals surface area contributed by atoms with Crippen LogP contribution in [0.5, 0.6) is 0 Å². The van der Waals surface area contributed by atoms with Gasteiger partial charge in [-0.05, 0) is 77.8 Å². The van der Waals surface area contributed by atoms with Crippen LogP contribution < -0.4 is 9.44 Å². The Kier molecular flexibility index (Phi) is 9.13. The molecule has 1 atom stereocenters. The van der Waals surface area contributed by atoms with E-state index in [1.54, 1.807) is 12.1 Å². The van der Waals surface area contributed by atoms with Gasteiger partial charge in [-0.1, -0.05) is 42.8 Å². The first-order chi connectivity index (χ1) is 16.9. The van der Waals surface area contributed by atoms with Gasteiger partial charge >= 0.3 is 5.97 Å². The molecular weight excluding hydrogens is 524 g/mol. The summed E-state index contributed by atoms with van der Waals surface area (Å²) in [4.78, 5) is 12.0. The Morgan fingerprint density at radius 1 is 0.944 bits per heavy atom. The van der Waals surface area contributed by atoms with Gasteiger partial charge in [0.05, 0.1) is 16.7 Å².